The SMILES string of the molecule is C.O=C(O)C[C@@H]1CC[C@@H](C(=O)Cc2cc(-c3cncc(NCC4CCOCC4)n3)c(Cl)cn2)C1. The average Bonchev–Trinajstić information content (AvgIpc) is 3.28. The lowest BCUT2D eigenvalue weighted by atomic mass is 9.95. The summed E-state index contributed by atoms with van der Waals surface area (Å²) in [5, 5.41) is 12.8. The number of ether oxygens (including phenoxy) is 1. The highest BCUT2D eigenvalue weighted by molar-refractivity contribution is 6.33. The first-order valence-corrected chi connectivity index (χ1v) is 11.9. The van der Waals surface area contributed by atoms with E-state index in [1.165, 1.54) is 0 Å². The zero-order valence-corrected chi connectivity index (χ0v) is 19.3. The van der Waals surface area contributed by atoms with Crippen molar-refractivity contribution >= 4 is 29.2 Å². The zero-order chi connectivity index (χ0) is 23.2. The molecule has 8 nitrogen and oxygen atoms in total. The second-order valence-corrected chi connectivity index (χ2v) is 9.41. The molecule has 0 amide bonds. The van der Waals surface area contributed by atoms with Crippen molar-refractivity contribution in [1.29, 1.82) is 0 Å². The third-order valence-electron chi connectivity index (χ3n) is 6.55. The van der Waals surface area contributed by atoms with Gasteiger partial charge in [-0.2, -0.15) is 0 Å². The summed E-state index contributed by atoms with van der Waals surface area (Å²) in [4.78, 5) is 37.1. The molecule has 0 aromatic carbocycles. The van der Waals surface area contributed by atoms with Crippen molar-refractivity contribution < 1.29 is 19.4 Å². The number of carboxylic acid groups (broad SMARTS) is 1. The van der Waals surface area contributed by atoms with Gasteiger partial charge in [0.1, 0.15) is 11.6 Å². The van der Waals surface area contributed by atoms with E-state index in [-0.39, 0.29) is 37.9 Å². The predicted octanol–water partition coefficient (Wildman–Crippen LogP) is 4.67. The van der Waals surface area contributed by atoms with Crippen molar-refractivity contribution in [3.63, 3.8) is 0 Å². The van der Waals surface area contributed by atoms with Crippen LogP contribution in [-0.4, -0.2) is 51.6 Å². The lowest BCUT2D eigenvalue weighted by Gasteiger charge is -2.22. The number of pyridine rings is 1. The Kier molecular flexibility index (Phi) is 9.36. The van der Waals surface area contributed by atoms with Gasteiger partial charge in [0.2, 0.25) is 0 Å². The highest BCUT2D eigenvalue weighted by Crippen LogP contribution is 2.34. The minimum atomic E-state index is -0.803. The van der Waals surface area contributed by atoms with Gasteiger partial charge in [0.05, 0.1) is 23.1 Å². The van der Waals surface area contributed by atoms with Crippen molar-refractivity contribution in [3.05, 3.63) is 35.4 Å². The fraction of sp³-hybridized carbons (Fsp3) is 0.560. The van der Waals surface area contributed by atoms with Crippen molar-refractivity contribution in [2.75, 3.05) is 25.1 Å². The summed E-state index contributed by atoms with van der Waals surface area (Å²) in [7, 11) is 0. The van der Waals surface area contributed by atoms with Crippen LogP contribution >= 0.6 is 11.6 Å². The van der Waals surface area contributed by atoms with Crippen LogP contribution in [0.3, 0.4) is 0 Å². The van der Waals surface area contributed by atoms with Crippen molar-refractivity contribution in [2.45, 2.75) is 52.4 Å². The molecule has 4 rings (SSSR count). The molecule has 1 aliphatic carbocycles. The van der Waals surface area contributed by atoms with E-state index in [9.17, 15) is 9.59 Å². The number of nitrogens with one attached hydrogen (secondary N) is 1. The molecule has 0 bridgehead atoms. The molecule has 0 unspecified atom stereocenters. The van der Waals surface area contributed by atoms with Crippen LogP contribution < -0.4 is 5.32 Å². The molecule has 0 radical (unpaired) electrons. The Morgan fingerprint density at radius 1 is 1.12 bits per heavy atom. The number of aliphatic carboxylic acids is 1. The van der Waals surface area contributed by atoms with Crippen LogP contribution in [-0.2, 0) is 20.7 Å². The predicted molar refractivity (Wildman–Crippen MR) is 131 cm³/mol. The molecule has 0 spiro atoms. The molecule has 2 N–H and O–H groups in total. The minimum Gasteiger partial charge on any atom is -0.481 e. The van der Waals surface area contributed by atoms with E-state index in [0.717, 1.165) is 45.4 Å². The lowest BCUT2D eigenvalue weighted by molar-refractivity contribution is -0.138. The molecule has 1 saturated carbocycles. The molecule has 2 atom stereocenters. The number of carbonyl (C=O) groups is 2. The van der Waals surface area contributed by atoms with E-state index in [1.54, 1.807) is 24.7 Å². The maximum absolute atomic E-state index is 12.8. The molecular weight excluding hydrogens is 456 g/mol. The number of nitrogens with zero attached hydrogens (tertiary/aromatic N) is 3. The van der Waals surface area contributed by atoms with Crippen LogP contribution in [0.2, 0.25) is 5.02 Å². The van der Waals surface area contributed by atoms with Crippen LogP contribution in [0.25, 0.3) is 11.3 Å². The maximum atomic E-state index is 12.8. The Balaban J connectivity index is 0.00000324. The van der Waals surface area contributed by atoms with Crippen LogP contribution in [0.4, 0.5) is 5.82 Å². The van der Waals surface area contributed by atoms with Crippen molar-refractivity contribution in [1.82, 2.24) is 15.0 Å². The summed E-state index contributed by atoms with van der Waals surface area (Å²) in [6.45, 7) is 2.41. The van der Waals surface area contributed by atoms with Gasteiger partial charge >= 0.3 is 5.97 Å². The average molecular weight is 489 g/mol. The number of carbonyl (C=O) groups excluding carboxylic acids is 1. The third kappa shape index (κ3) is 6.96. The molecule has 9 heteroatoms. The van der Waals surface area contributed by atoms with E-state index in [4.69, 9.17) is 21.4 Å². The van der Waals surface area contributed by atoms with Gasteiger partial charge in [-0.1, -0.05) is 19.0 Å². The second kappa shape index (κ2) is 12.2. The van der Waals surface area contributed by atoms with Gasteiger partial charge in [-0.3, -0.25) is 19.6 Å². The first-order chi connectivity index (χ1) is 16.0. The van der Waals surface area contributed by atoms with Gasteiger partial charge in [-0.05, 0) is 50.0 Å². The molecule has 1 saturated heterocycles. The van der Waals surface area contributed by atoms with E-state index >= 15 is 0 Å². The number of Topliss-reactive ketones (excluding diaryl/α,β-unsaturated/α-hetero) is 1. The number of aromatic nitrogens is 3. The highest BCUT2D eigenvalue weighted by atomic mass is 35.5. The molecule has 2 aromatic heterocycles. The van der Waals surface area contributed by atoms with Crippen molar-refractivity contribution in [2.24, 2.45) is 17.8 Å². The van der Waals surface area contributed by atoms with E-state index in [0.29, 0.717) is 40.1 Å². The second-order valence-electron chi connectivity index (χ2n) is 9.00. The zero-order valence-electron chi connectivity index (χ0n) is 18.5. The van der Waals surface area contributed by atoms with Gasteiger partial charge in [-0.25, -0.2) is 4.98 Å². The topological polar surface area (TPSA) is 114 Å². The summed E-state index contributed by atoms with van der Waals surface area (Å²) < 4.78 is 5.41. The number of hydrogen-bond acceptors (Lipinski definition) is 7. The van der Waals surface area contributed by atoms with E-state index < -0.39 is 5.97 Å². The number of anilines is 1. The van der Waals surface area contributed by atoms with Crippen molar-refractivity contribution in [3.8, 4) is 11.3 Å². The Morgan fingerprint density at radius 3 is 2.68 bits per heavy atom. The van der Waals surface area contributed by atoms with E-state index in [1.807, 2.05) is 0 Å². The Labute approximate surface area is 205 Å². The molecule has 3 heterocycles. The quantitative estimate of drug-likeness (QED) is 0.523. The number of rotatable bonds is 9. The van der Waals surface area contributed by atoms with Gasteiger partial charge < -0.3 is 15.2 Å². The summed E-state index contributed by atoms with van der Waals surface area (Å²) in [5.74, 6) is 0.505. The summed E-state index contributed by atoms with van der Waals surface area (Å²) >= 11 is 6.41. The number of ketones is 1. The molecule has 2 aromatic rings. The van der Waals surface area contributed by atoms with Gasteiger partial charge in [0.15, 0.2) is 0 Å². The lowest BCUT2D eigenvalue weighted by Crippen LogP contribution is -2.23. The standard InChI is InChI=1S/C24H29ClN4O4.CH4/c25-20-12-27-18(10-22(30)17-2-1-16(7-17)8-24(31)32)9-19(20)21-13-26-14-23(29-21)28-11-15-3-5-33-6-4-15;/h9,12-17H,1-8,10-11H2,(H,28,29)(H,31,32);1H4/t16-,17-;/m1./s1. The summed E-state index contributed by atoms with van der Waals surface area (Å²) in [6, 6.07) is 1.80. The Hall–Kier alpha value is -2.58. The Bertz CT molecular complexity index is 997. The number of halogens is 1. The summed E-state index contributed by atoms with van der Waals surface area (Å²) in [6.07, 6.45) is 9.44. The normalized spacial score (nSPS) is 20.5. The molecule has 2 fully saturated rings. The molecule has 184 valence electrons. The van der Waals surface area contributed by atoms with Crippen LogP contribution in [0.1, 0.15) is 51.6 Å². The monoisotopic (exact) mass is 488 g/mol. The van der Waals surface area contributed by atoms with Crippen LogP contribution in [0.5, 0.6) is 0 Å². The minimum absolute atomic E-state index is 0. The van der Waals surface area contributed by atoms with Gasteiger partial charge in [0.25, 0.3) is 0 Å². The first kappa shape index (κ1) is 26.0. The third-order valence-corrected chi connectivity index (χ3v) is 6.85. The molecule has 1 aliphatic heterocycles. The van der Waals surface area contributed by atoms with Gasteiger partial charge in [-0.15, -0.1) is 0 Å². The fourth-order valence-corrected chi connectivity index (χ4v) is 4.88. The van der Waals surface area contributed by atoms with Crippen LogP contribution in [0, 0.1) is 17.8 Å². The largest absolute Gasteiger partial charge is 0.481 e. The smallest absolute Gasteiger partial charge is 0.303 e. The Morgan fingerprint density at radius 2 is 1.91 bits per heavy atom. The molecular formula is C25H33ClN4O4. The first-order valence-electron chi connectivity index (χ1n) is 11.5. The maximum Gasteiger partial charge on any atom is 0.303 e. The molecule has 34 heavy (non-hydrogen) atoms. The fourth-order valence-electron chi connectivity index (χ4n) is 4.68. The number of hydrogen-bond donors (Lipinski definition) is 2. The number of carboxylic acids is 1. The summed E-state index contributed by atoms with van der Waals surface area (Å²) in [5.41, 5.74) is 1.94. The highest BCUT2D eigenvalue weighted by Gasteiger charge is 2.31. The van der Waals surface area contributed by atoms with Gasteiger partial charge in [0, 0.05) is 56.0 Å². The van der Waals surface area contributed by atoms with Crippen LogP contribution in [0.15, 0.2) is 24.7 Å². The van der Waals surface area contributed by atoms with E-state index in [2.05, 4.69) is 20.3 Å². The molecule has 2 aliphatic rings.